The summed E-state index contributed by atoms with van der Waals surface area (Å²) in [6.45, 7) is 0. The van der Waals surface area contributed by atoms with Crippen molar-refractivity contribution in [3.8, 4) is 11.5 Å². The molecule has 0 radical (unpaired) electrons. The Balaban J connectivity index is 1.45. The van der Waals surface area contributed by atoms with Gasteiger partial charge in [-0.2, -0.15) is 0 Å². The maximum atomic E-state index is 13.1. The number of rotatable bonds is 5. The lowest BCUT2D eigenvalue weighted by Gasteiger charge is -2.37. The third kappa shape index (κ3) is 4.57. The zero-order valence-electron chi connectivity index (χ0n) is 17.6. The Morgan fingerprint density at radius 2 is 1.75 bits per heavy atom. The fourth-order valence-corrected chi connectivity index (χ4v) is 4.62. The van der Waals surface area contributed by atoms with Crippen LogP contribution in [0, 0.1) is 5.92 Å². The second kappa shape index (κ2) is 9.43. The van der Waals surface area contributed by atoms with Gasteiger partial charge in [-0.05, 0) is 37.1 Å². The standard InChI is InChI=1S/C24H22Cl2O6/c1-29-16-7-13(8-17(10-16)30-2)24(28)32-15-4-6-19-22(11-15)31-12-20(23(19)27)18-5-3-14(25)9-21(18)26/h3,5,7-10,12,15,19,22H,4,6,11H2,1-2H3. The molecule has 0 bridgehead atoms. The highest BCUT2D eigenvalue weighted by Gasteiger charge is 2.41. The van der Waals surface area contributed by atoms with Crippen LogP contribution in [0.5, 0.6) is 11.5 Å². The van der Waals surface area contributed by atoms with Crippen molar-refractivity contribution in [3.05, 3.63) is 63.8 Å². The smallest absolute Gasteiger partial charge is 0.338 e. The molecule has 32 heavy (non-hydrogen) atoms. The first kappa shape index (κ1) is 22.5. The number of halogens is 2. The van der Waals surface area contributed by atoms with E-state index < -0.39 is 5.97 Å². The molecule has 3 atom stereocenters. The molecule has 2 aromatic carbocycles. The number of allylic oxidation sites excluding steroid dienone is 1. The van der Waals surface area contributed by atoms with Gasteiger partial charge < -0.3 is 18.9 Å². The number of ketones is 1. The monoisotopic (exact) mass is 476 g/mol. The van der Waals surface area contributed by atoms with Gasteiger partial charge in [0, 0.05) is 23.1 Å². The fraction of sp³-hybridized carbons (Fsp3) is 0.333. The molecular formula is C24H22Cl2O6. The van der Waals surface area contributed by atoms with Gasteiger partial charge in [-0.15, -0.1) is 0 Å². The summed E-state index contributed by atoms with van der Waals surface area (Å²) in [5.41, 5.74) is 1.37. The Hall–Kier alpha value is -2.70. The molecule has 1 fully saturated rings. The Labute approximate surface area is 196 Å². The van der Waals surface area contributed by atoms with Crippen LogP contribution >= 0.6 is 23.2 Å². The predicted octanol–water partition coefficient (Wildman–Crippen LogP) is 5.35. The molecule has 1 saturated carbocycles. The van der Waals surface area contributed by atoms with Crippen molar-refractivity contribution in [3.63, 3.8) is 0 Å². The number of benzene rings is 2. The third-order valence-electron chi connectivity index (χ3n) is 5.79. The second-order valence-corrected chi connectivity index (χ2v) is 8.59. The molecule has 0 spiro atoms. The lowest BCUT2D eigenvalue weighted by molar-refractivity contribution is -0.126. The molecule has 1 aliphatic heterocycles. The lowest BCUT2D eigenvalue weighted by atomic mass is 9.78. The number of carbonyl (C=O) groups is 2. The van der Waals surface area contributed by atoms with E-state index in [1.165, 1.54) is 20.5 Å². The van der Waals surface area contributed by atoms with Gasteiger partial charge in [0.25, 0.3) is 0 Å². The molecule has 0 saturated heterocycles. The first-order valence-corrected chi connectivity index (χ1v) is 10.9. The second-order valence-electron chi connectivity index (χ2n) is 7.74. The van der Waals surface area contributed by atoms with Gasteiger partial charge in [-0.3, -0.25) is 4.79 Å². The highest BCUT2D eigenvalue weighted by atomic mass is 35.5. The van der Waals surface area contributed by atoms with E-state index in [0.717, 1.165) is 0 Å². The summed E-state index contributed by atoms with van der Waals surface area (Å²) in [7, 11) is 3.03. The van der Waals surface area contributed by atoms with E-state index in [0.29, 0.717) is 57.5 Å². The molecule has 0 aromatic heterocycles. The van der Waals surface area contributed by atoms with Crippen LogP contribution in [0.4, 0.5) is 0 Å². The lowest BCUT2D eigenvalue weighted by Crippen LogP contribution is -2.42. The summed E-state index contributed by atoms with van der Waals surface area (Å²) < 4.78 is 22.0. The van der Waals surface area contributed by atoms with Crippen molar-refractivity contribution in [2.75, 3.05) is 14.2 Å². The van der Waals surface area contributed by atoms with E-state index in [4.69, 9.17) is 42.1 Å². The van der Waals surface area contributed by atoms with Gasteiger partial charge in [-0.25, -0.2) is 4.79 Å². The van der Waals surface area contributed by atoms with Crippen LogP contribution in [0.25, 0.3) is 5.57 Å². The molecule has 0 amide bonds. The summed E-state index contributed by atoms with van der Waals surface area (Å²) in [6.07, 6.45) is 2.28. The highest BCUT2D eigenvalue weighted by Crippen LogP contribution is 2.39. The molecule has 2 aliphatic rings. The average molecular weight is 477 g/mol. The first-order valence-electron chi connectivity index (χ1n) is 10.2. The van der Waals surface area contributed by atoms with Crippen LogP contribution in [0.2, 0.25) is 10.0 Å². The summed E-state index contributed by atoms with van der Waals surface area (Å²) in [5, 5.41) is 0.896. The van der Waals surface area contributed by atoms with Gasteiger partial charge in [0.05, 0.1) is 42.6 Å². The van der Waals surface area contributed by atoms with Gasteiger partial charge in [-0.1, -0.05) is 29.3 Å². The van der Waals surface area contributed by atoms with Gasteiger partial charge in [0.1, 0.15) is 23.7 Å². The Bertz CT molecular complexity index is 1060. The average Bonchev–Trinajstić information content (AvgIpc) is 2.79. The van der Waals surface area contributed by atoms with Crippen LogP contribution in [0.1, 0.15) is 35.2 Å². The van der Waals surface area contributed by atoms with Crippen molar-refractivity contribution in [2.45, 2.75) is 31.5 Å². The predicted molar refractivity (Wildman–Crippen MR) is 120 cm³/mol. The SMILES string of the molecule is COc1cc(OC)cc(C(=O)OC2CCC3C(=O)C(c4ccc(Cl)cc4Cl)=COC3C2)c1. The van der Waals surface area contributed by atoms with E-state index in [2.05, 4.69) is 0 Å². The number of fused-ring (bicyclic) bond motifs is 1. The van der Waals surface area contributed by atoms with Crippen molar-refractivity contribution >= 4 is 40.5 Å². The van der Waals surface area contributed by atoms with Gasteiger partial charge in [0.2, 0.25) is 0 Å². The largest absolute Gasteiger partial charge is 0.497 e. The van der Waals surface area contributed by atoms with Crippen LogP contribution < -0.4 is 9.47 Å². The Morgan fingerprint density at radius 1 is 1.03 bits per heavy atom. The minimum Gasteiger partial charge on any atom is -0.497 e. The number of ether oxygens (including phenoxy) is 4. The zero-order valence-corrected chi connectivity index (χ0v) is 19.1. The van der Waals surface area contributed by atoms with Crippen LogP contribution in [0.15, 0.2) is 42.7 Å². The molecule has 3 unspecified atom stereocenters. The van der Waals surface area contributed by atoms with E-state index in [-0.39, 0.29) is 23.9 Å². The Kier molecular flexibility index (Phi) is 6.63. The molecule has 1 aliphatic carbocycles. The molecule has 8 heteroatoms. The number of methoxy groups -OCH3 is 2. The summed E-state index contributed by atoms with van der Waals surface area (Å²) in [5.74, 6) is 0.192. The molecule has 2 aromatic rings. The fourth-order valence-electron chi connectivity index (χ4n) is 4.11. The Morgan fingerprint density at radius 3 is 2.41 bits per heavy atom. The number of esters is 1. The van der Waals surface area contributed by atoms with Crippen LogP contribution in [0.3, 0.4) is 0 Å². The summed E-state index contributed by atoms with van der Waals surface area (Å²) in [4.78, 5) is 25.8. The molecule has 6 nitrogen and oxygen atoms in total. The van der Waals surface area contributed by atoms with Crippen LogP contribution in [-0.4, -0.2) is 38.2 Å². The topological polar surface area (TPSA) is 71.1 Å². The van der Waals surface area contributed by atoms with Crippen molar-refractivity contribution in [1.29, 1.82) is 0 Å². The van der Waals surface area contributed by atoms with Crippen molar-refractivity contribution in [2.24, 2.45) is 5.92 Å². The molecular weight excluding hydrogens is 455 g/mol. The number of carbonyl (C=O) groups excluding carboxylic acids is 2. The minimum atomic E-state index is -0.475. The minimum absolute atomic E-state index is 0.0206. The zero-order chi connectivity index (χ0) is 22.8. The molecule has 168 valence electrons. The first-order chi connectivity index (χ1) is 15.4. The van der Waals surface area contributed by atoms with E-state index >= 15 is 0 Å². The van der Waals surface area contributed by atoms with Crippen molar-refractivity contribution < 1.29 is 28.5 Å². The molecule has 4 rings (SSSR count). The van der Waals surface area contributed by atoms with Gasteiger partial charge in [0.15, 0.2) is 5.78 Å². The maximum Gasteiger partial charge on any atom is 0.338 e. The third-order valence-corrected chi connectivity index (χ3v) is 6.34. The maximum absolute atomic E-state index is 13.1. The van der Waals surface area contributed by atoms with E-state index in [1.54, 1.807) is 36.4 Å². The molecule has 0 N–H and O–H groups in total. The van der Waals surface area contributed by atoms with Gasteiger partial charge >= 0.3 is 5.97 Å². The van der Waals surface area contributed by atoms with Crippen molar-refractivity contribution in [1.82, 2.24) is 0 Å². The number of Topliss-reactive ketones (excluding diaryl/α,β-unsaturated/α-hetero) is 1. The highest BCUT2D eigenvalue weighted by molar-refractivity contribution is 6.37. The molecule has 1 heterocycles. The van der Waals surface area contributed by atoms with E-state index in [9.17, 15) is 9.59 Å². The number of hydrogen-bond acceptors (Lipinski definition) is 6. The summed E-state index contributed by atoms with van der Waals surface area (Å²) >= 11 is 12.2. The number of hydrogen-bond donors (Lipinski definition) is 0. The quantitative estimate of drug-likeness (QED) is 0.541. The normalized spacial score (nSPS) is 22.3. The van der Waals surface area contributed by atoms with E-state index in [1.807, 2.05) is 0 Å². The summed E-state index contributed by atoms with van der Waals surface area (Å²) in [6, 6.07) is 9.88. The van der Waals surface area contributed by atoms with Crippen LogP contribution in [-0.2, 0) is 14.3 Å².